The van der Waals surface area contributed by atoms with Gasteiger partial charge in [-0.1, -0.05) is 11.3 Å². The Hall–Kier alpha value is -2.87. The first-order valence-corrected chi connectivity index (χ1v) is 9.62. The minimum Gasteiger partial charge on any atom is -0.497 e. The number of amides is 2. The van der Waals surface area contributed by atoms with Crippen molar-refractivity contribution in [2.45, 2.75) is 6.92 Å². The highest BCUT2D eigenvalue weighted by molar-refractivity contribution is 7.22. The van der Waals surface area contributed by atoms with Gasteiger partial charge in [-0.25, -0.2) is 14.8 Å². The lowest BCUT2D eigenvalue weighted by molar-refractivity contribution is 0.208. The molecular formula is C19H21N5O2S. The number of thiazole rings is 1. The number of carbonyl (C=O) groups excluding carboxylic acids is 1. The number of anilines is 2. The molecule has 7 nitrogen and oxygen atoms in total. The molecule has 2 amide bonds. The van der Waals surface area contributed by atoms with Gasteiger partial charge in [0.2, 0.25) is 0 Å². The second-order valence-electron chi connectivity index (χ2n) is 6.45. The number of fused-ring (bicyclic) bond motifs is 1. The molecule has 1 saturated heterocycles. The van der Waals surface area contributed by atoms with Crippen LogP contribution in [0.4, 0.5) is 15.7 Å². The van der Waals surface area contributed by atoms with Crippen LogP contribution in [-0.2, 0) is 0 Å². The van der Waals surface area contributed by atoms with Crippen molar-refractivity contribution in [3.63, 3.8) is 0 Å². The Morgan fingerprint density at radius 3 is 2.74 bits per heavy atom. The fourth-order valence-corrected chi connectivity index (χ4v) is 3.97. The number of urea groups is 1. The summed E-state index contributed by atoms with van der Waals surface area (Å²) >= 11 is 1.45. The largest absolute Gasteiger partial charge is 0.497 e. The molecule has 0 atom stereocenters. The number of aromatic nitrogens is 2. The van der Waals surface area contributed by atoms with Gasteiger partial charge in [0, 0.05) is 32.4 Å². The van der Waals surface area contributed by atoms with Gasteiger partial charge < -0.3 is 14.5 Å². The van der Waals surface area contributed by atoms with E-state index in [1.807, 2.05) is 35.4 Å². The Balaban J connectivity index is 1.38. The number of methoxy groups -OCH3 is 1. The van der Waals surface area contributed by atoms with Gasteiger partial charge in [-0.2, -0.15) is 0 Å². The van der Waals surface area contributed by atoms with Gasteiger partial charge in [0.1, 0.15) is 11.6 Å². The summed E-state index contributed by atoms with van der Waals surface area (Å²) in [6.07, 6.45) is 1.83. The summed E-state index contributed by atoms with van der Waals surface area (Å²) in [5, 5.41) is 3.52. The predicted molar refractivity (Wildman–Crippen MR) is 108 cm³/mol. The van der Waals surface area contributed by atoms with E-state index in [0.29, 0.717) is 18.2 Å². The number of carbonyl (C=O) groups is 1. The van der Waals surface area contributed by atoms with Crippen LogP contribution >= 0.6 is 11.3 Å². The quantitative estimate of drug-likeness (QED) is 0.751. The minimum absolute atomic E-state index is 0.113. The Kier molecular flexibility index (Phi) is 4.81. The highest BCUT2D eigenvalue weighted by atomic mass is 32.1. The molecule has 1 aliphatic rings. The van der Waals surface area contributed by atoms with Crippen LogP contribution in [-0.4, -0.2) is 54.2 Å². The Bertz CT molecular complexity index is 966. The van der Waals surface area contributed by atoms with E-state index in [9.17, 15) is 4.79 Å². The summed E-state index contributed by atoms with van der Waals surface area (Å²) in [5.74, 6) is 1.75. The standard InChI is InChI=1S/C19H21N5O2S/c1-13-5-6-20-17(11-13)23-7-9-24(10-8-23)19(25)22-18-21-15-4-3-14(26-2)12-16(15)27-18/h3-6,11-12H,7-10H2,1-2H3,(H,21,22,25). The normalized spacial score (nSPS) is 14.4. The summed E-state index contributed by atoms with van der Waals surface area (Å²) in [6, 6.07) is 9.64. The molecule has 0 saturated carbocycles. The molecule has 0 bridgehead atoms. The molecule has 140 valence electrons. The van der Waals surface area contributed by atoms with Crippen LogP contribution < -0.4 is 15.0 Å². The smallest absolute Gasteiger partial charge is 0.323 e. The van der Waals surface area contributed by atoms with Crippen molar-refractivity contribution in [1.29, 1.82) is 0 Å². The van der Waals surface area contributed by atoms with E-state index < -0.39 is 0 Å². The summed E-state index contributed by atoms with van der Waals surface area (Å²) in [4.78, 5) is 25.5. The molecule has 0 radical (unpaired) electrons. The third-order valence-electron chi connectivity index (χ3n) is 4.60. The zero-order chi connectivity index (χ0) is 18.8. The number of aryl methyl sites for hydroxylation is 1. The summed E-state index contributed by atoms with van der Waals surface area (Å²) < 4.78 is 6.22. The molecule has 27 heavy (non-hydrogen) atoms. The number of hydrogen-bond donors (Lipinski definition) is 1. The number of ether oxygens (including phenoxy) is 1. The third-order valence-corrected chi connectivity index (χ3v) is 5.53. The molecule has 0 unspecified atom stereocenters. The van der Waals surface area contributed by atoms with Crippen molar-refractivity contribution in [3.8, 4) is 5.75 Å². The fourth-order valence-electron chi connectivity index (χ4n) is 3.09. The lowest BCUT2D eigenvalue weighted by Gasteiger charge is -2.35. The SMILES string of the molecule is COc1ccc2nc(NC(=O)N3CCN(c4cc(C)ccn4)CC3)sc2c1. The fraction of sp³-hybridized carbons (Fsp3) is 0.316. The van der Waals surface area contributed by atoms with Crippen molar-refractivity contribution in [2.75, 3.05) is 43.5 Å². The second-order valence-corrected chi connectivity index (χ2v) is 7.48. The number of rotatable bonds is 3. The molecule has 1 N–H and O–H groups in total. The number of nitrogens with zero attached hydrogens (tertiary/aromatic N) is 4. The number of benzene rings is 1. The third kappa shape index (κ3) is 3.80. The highest BCUT2D eigenvalue weighted by Crippen LogP contribution is 2.29. The molecule has 3 heterocycles. The van der Waals surface area contributed by atoms with E-state index in [-0.39, 0.29) is 6.03 Å². The van der Waals surface area contributed by atoms with Gasteiger partial charge in [0.15, 0.2) is 5.13 Å². The number of piperazine rings is 1. The van der Waals surface area contributed by atoms with Gasteiger partial charge in [-0.15, -0.1) is 0 Å². The molecule has 3 aromatic rings. The zero-order valence-electron chi connectivity index (χ0n) is 15.3. The monoisotopic (exact) mass is 383 g/mol. The summed E-state index contributed by atoms with van der Waals surface area (Å²) in [5.41, 5.74) is 2.04. The highest BCUT2D eigenvalue weighted by Gasteiger charge is 2.22. The van der Waals surface area contributed by atoms with Crippen molar-refractivity contribution in [3.05, 3.63) is 42.1 Å². The minimum atomic E-state index is -0.113. The van der Waals surface area contributed by atoms with E-state index in [1.54, 1.807) is 7.11 Å². The van der Waals surface area contributed by atoms with E-state index >= 15 is 0 Å². The average molecular weight is 383 g/mol. The number of pyridine rings is 1. The van der Waals surface area contributed by atoms with Crippen LogP contribution in [0.15, 0.2) is 36.5 Å². The first kappa shape index (κ1) is 17.5. The first-order valence-electron chi connectivity index (χ1n) is 8.80. The summed E-state index contributed by atoms with van der Waals surface area (Å²) in [7, 11) is 1.64. The van der Waals surface area contributed by atoms with Crippen molar-refractivity contribution < 1.29 is 9.53 Å². The number of hydrogen-bond acceptors (Lipinski definition) is 6. The molecule has 1 aromatic carbocycles. The maximum absolute atomic E-state index is 12.6. The molecule has 2 aromatic heterocycles. The Morgan fingerprint density at radius 2 is 2.00 bits per heavy atom. The molecule has 8 heteroatoms. The molecule has 1 aliphatic heterocycles. The van der Waals surface area contributed by atoms with Gasteiger partial charge in [-0.3, -0.25) is 5.32 Å². The van der Waals surface area contributed by atoms with Crippen LogP contribution in [0, 0.1) is 6.92 Å². The lowest BCUT2D eigenvalue weighted by atomic mass is 10.2. The predicted octanol–water partition coefficient (Wildman–Crippen LogP) is 3.36. The summed E-state index contributed by atoms with van der Waals surface area (Å²) in [6.45, 7) is 4.89. The van der Waals surface area contributed by atoms with Crippen LogP contribution in [0.25, 0.3) is 10.2 Å². The first-order chi connectivity index (χ1) is 13.1. The van der Waals surface area contributed by atoms with Gasteiger partial charge in [0.05, 0.1) is 17.3 Å². The van der Waals surface area contributed by atoms with Crippen LogP contribution in [0.2, 0.25) is 0 Å². The molecule has 0 spiro atoms. The maximum Gasteiger partial charge on any atom is 0.323 e. The van der Waals surface area contributed by atoms with Crippen molar-refractivity contribution in [1.82, 2.24) is 14.9 Å². The topological polar surface area (TPSA) is 70.6 Å². The van der Waals surface area contributed by atoms with Crippen LogP contribution in [0.1, 0.15) is 5.56 Å². The van der Waals surface area contributed by atoms with Gasteiger partial charge >= 0.3 is 6.03 Å². The van der Waals surface area contributed by atoms with E-state index in [2.05, 4.69) is 33.2 Å². The molecule has 1 fully saturated rings. The van der Waals surface area contributed by atoms with E-state index in [1.165, 1.54) is 16.9 Å². The number of nitrogens with one attached hydrogen (secondary N) is 1. The van der Waals surface area contributed by atoms with E-state index in [0.717, 1.165) is 34.9 Å². The van der Waals surface area contributed by atoms with Crippen molar-refractivity contribution >= 4 is 38.5 Å². The van der Waals surface area contributed by atoms with Crippen LogP contribution in [0.3, 0.4) is 0 Å². The Morgan fingerprint density at radius 1 is 1.19 bits per heavy atom. The van der Waals surface area contributed by atoms with Crippen LogP contribution in [0.5, 0.6) is 5.75 Å². The van der Waals surface area contributed by atoms with E-state index in [4.69, 9.17) is 4.74 Å². The Labute approximate surface area is 161 Å². The second kappa shape index (κ2) is 7.40. The lowest BCUT2D eigenvalue weighted by Crippen LogP contribution is -2.50. The average Bonchev–Trinajstić information content (AvgIpc) is 3.09. The zero-order valence-corrected chi connectivity index (χ0v) is 16.1. The van der Waals surface area contributed by atoms with Gasteiger partial charge in [0.25, 0.3) is 0 Å². The van der Waals surface area contributed by atoms with Gasteiger partial charge in [-0.05, 0) is 42.8 Å². The molecule has 0 aliphatic carbocycles. The molecule has 4 rings (SSSR count). The maximum atomic E-state index is 12.6. The van der Waals surface area contributed by atoms with Crippen molar-refractivity contribution in [2.24, 2.45) is 0 Å². The molecular weight excluding hydrogens is 362 g/mol.